The molecule has 0 bridgehead atoms. The molecule has 1 nitrogen and oxygen atoms in total. The number of hydrogen-bond donors (Lipinski definition) is 1. The normalized spacial score (nSPS) is 12.6. The molecular weight excluding hydrogens is 342 g/mol. The number of thiophene rings is 1. The van der Waals surface area contributed by atoms with Crippen LogP contribution in [0.25, 0.3) is 0 Å². The molecule has 0 radical (unpaired) electrons. The molecule has 1 unspecified atom stereocenters. The molecular formula is C15H17BrClNS. The Kier molecular flexibility index (Phi) is 5.89. The first-order valence-electron chi connectivity index (χ1n) is 6.40. The highest BCUT2D eigenvalue weighted by atomic mass is 79.9. The summed E-state index contributed by atoms with van der Waals surface area (Å²) < 4.78 is 0.947. The Morgan fingerprint density at radius 2 is 2.21 bits per heavy atom. The summed E-state index contributed by atoms with van der Waals surface area (Å²) in [5, 5.41) is 8.71. The molecule has 0 aliphatic rings. The van der Waals surface area contributed by atoms with Crippen molar-refractivity contribution in [3.8, 4) is 0 Å². The lowest BCUT2D eigenvalue weighted by atomic mass is 10.0. The van der Waals surface area contributed by atoms with Gasteiger partial charge in [-0.2, -0.15) is 11.3 Å². The van der Waals surface area contributed by atoms with E-state index in [1.807, 2.05) is 12.1 Å². The molecule has 1 N–H and O–H groups in total. The molecule has 1 aromatic heterocycles. The third-order valence-corrected chi connectivity index (χ3v) is 4.97. The van der Waals surface area contributed by atoms with Crippen molar-refractivity contribution in [3.05, 3.63) is 55.6 Å². The number of hydrogen-bond acceptors (Lipinski definition) is 2. The number of nitrogens with one attached hydrogen (secondary N) is 1. The Morgan fingerprint density at radius 1 is 1.37 bits per heavy atom. The van der Waals surface area contributed by atoms with E-state index in [1.165, 1.54) is 11.1 Å². The molecule has 4 heteroatoms. The van der Waals surface area contributed by atoms with Gasteiger partial charge < -0.3 is 5.32 Å². The van der Waals surface area contributed by atoms with E-state index in [1.54, 1.807) is 11.3 Å². The number of rotatable bonds is 6. The maximum Gasteiger partial charge on any atom is 0.0551 e. The summed E-state index contributed by atoms with van der Waals surface area (Å²) in [6.07, 6.45) is 2.13. The fraction of sp³-hybridized carbons (Fsp3) is 0.333. The predicted octanol–water partition coefficient (Wildman–Crippen LogP) is 5.45. The summed E-state index contributed by atoms with van der Waals surface area (Å²) in [6, 6.07) is 8.71. The summed E-state index contributed by atoms with van der Waals surface area (Å²) in [4.78, 5) is 0. The predicted molar refractivity (Wildman–Crippen MR) is 88.2 cm³/mol. The van der Waals surface area contributed by atoms with Gasteiger partial charge in [-0.3, -0.25) is 0 Å². The third kappa shape index (κ3) is 4.32. The number of benzene rings is 1. The van der Waals surface area contributed by atoms with Crippen molar-refractivity contribution < 1.29 is 0 Å². The molecule has 2 rings (SSSR count). The average molecular weight is 359 g/mol. The van der Waals surface area contributed by atoms with E-state index >= 15 is 0 Å². The Morgan fingerprint density at radius 3 is 2.84 bits per heavy atom. The Bertz CT molecular complexity index is 513. The van der Waals surface area contributed by atoms with Gasteiger partial charge in [0.2, 0.25) is 0 Å². The van der Waals surface area contributed by atoms with Crippen LogP contribution in [0.4, 0.5) is 0 Å². The van der Waals surface area contributed by atoms with Gasteiger partial charge in [-0.15, -0.1) is 0 Å². The van der Waals surface area contributed by atoms with Crippen LogP contribution >= 0.6 is 38.9 Å². The number of halogens is 2. The van der Waals surface area contributed by atoms with Crippen molar-refractivity contribution in [3.63, 3.8) is 0 Å². The molecule has 0 fully saturated rings. The van der Waals surface area contributed by atoms with Crippen molar-refractivity contribution in [2.24, 2.45) is 0 Å². The van der Waals surface area contributed by atoms with Crippen LogP contribution in [0.15, 0.2) is 39.5 Å². The second kappa shape index (κ2) is 7.44. The van der Waals surface area contributed by atoms with E-state index in [4.69, 9.17) is 11.6 Å². The minimum absolute atomic E-state index is 0.320. The highest BCUT2D eigenvalue weighted by Crippen LogP contribution is 2.28. The lowest BCUT2D eigenvalue weighted by molar-refractivity contribution is 0.530. The van der Waals surface area contributed by atoms with E-state index in [0.717, 1.165) is 28.9 Å². The quantitative estimate of drug-likeness (QED) is 0.724. The summed E-state index contributed by atoms with van der Waals surface area (Å²) in [5.74, 6) is 0. The molecule has 2 aromatic rings. The van der Waals surface area contributed by atoms with Crippen LogP contribution in [0.3, 0.4) is 0 Å². The van der Waals surface area contributed by atoms with Crippen molar-refractivity contribution in [2.45, 2.75) is 25.8 Å². The zero-order valence-corrected chi connectivity index (χ0v) is 14.0. The third-order valence-electron chi connectivity index (χ3n) is 3.01. The smallest absolute Gasteiger partial charge is 0.0551 e. The summed E-state index contributed by atoms with van der Waals surface area (Å²) >= 11 is 11.4. The fourth-order valence-electron chi connectivity index (χ4n) is 2.00. The summed E-state index contributed by atoms with van der Waals surface area (Å²) in [7, 11) is 0. The molecule has 0 spiro atoms. The SMILES string of the molecule is CCCNC(Cc1ccsc1)c1ccc(Br)c(Cl)c1. The van der Waals surface area contributed by atoms with E-state index in [2.05, 4.69) is 51.1 Å². The van der Waals surface area contributed by atoms with Gasteiger partial charge in [-0.25, -0.2) is 0 Å². The zero-order valence-electron chi connectivity index (χ0n) is 10.8. The van der Waals surface area contributed by atoms with Crippen LogP contribution in [-0.4, -0.2) is 6.54 Å². The average Bonchev–Trinajstić information content (AvgIpc) is 2.91. The molecule has 0 aliphatic heterocycles. The topological polar surface area (TPSA) is 12.0 Å². The van der Waals surface area contributed by atoms with Gasteiger partial charge in [-0.1, -0.05) is 24.6 Å². The first-order valence-corrected chi connectivity index (χ1v) is 8.51. The lowest BCUT2D eigenvalue weighted by Crippen LogP contribution is -2.24. The van der Waals surface area contributed by atoms with Crippen LogP contribution in [0.5, 0.6) is 0 Å². The standard InChI is InChI=1S/C15H17BrClNS/c1-2-6-18-15(8-11-5-7-19-10-11)12-3-4-13(16)14(17)9-12/h3-5,7,9-10,15,18H,2,6,8H2,1H3. The van der Waals surface area contributed by atoms with Gasteiger partial charge in [0.25, 0.3) is 0 Å². The Labute approximate surface area is 132 Å². The van der Waals surface area contributed by atoms with E-state index < -0.39 is 0 Å². The highest BCUT2D eigenvalue weighted by Gasteiger charge is 2.13. The maximum atomic E-state index is 6.20. The fourth-order valence-corrected chi connectivity index (χ4v) is 3.12. The van der Waals surface area contributed by atoms with Crippen molar-refractivity contribution in [1.29, 1.82) is 0 Å². The zero-order chi connectivity index (χ0) is 13.7. The minimum atomic E-state index is 0.320. The van der Waals surface area contributed by atoms with Gasteiger partial charge >= 0.3 is 0 Å². The second-order valence-electron chi connectivity index (χ2n) is 4.52. The van der Waals surface area contributed by atoms with Gasteiger partial charge in [-0.05, 0) is 75.4 Å². The molecule has 102 valence electrons. The maximum absolute atomic E-state index is 6.20. The van der Waals surface area contributed by atoms with Crippen molar-refractivity contribution in [2.75, 3.05) is 6.54 Å². The molecule has 0 saturated heterocycles. The van der Waals surface area contributed by atoms with Crippen LogP contribution in [0.1, 0.15) is 30.5 Å². The molecule has 1 aromatic carbocycles. The van der Waals surface area contributed by atoms with Gasteiger partial charge in [0.1, 0.15) is 0 Å². The lowest BCUT2D eigenvalue weighted by Gasteiger charge is -2.19. The van der Waals surface area contributed by atoms with E-state index in [9.17, 15) is 0 Å². The highest BCUT2D eigenvalue weighted by molar-refractivity contribution is 9.10. The monoisotopic (exact) mass is 357 g/mol. The first-order chi connectivity index (χ1) is 9.20. The van der Waals surface area contributed by atoms with Crippen molar-refractivity contribution >= 4 is 38.9 Å². The van der Waals surface area contributed by atoms with Gasteiger partial charge in [0.15, 0.2) is 0 Å². The van der Waals surface area contributed by atoms with Gasteiger partial charge in [0.05, 0.1) is 5.02 Å². The minimum Gasteiger partial charge on any atom is -0.310 e. The molecule has 1 heterocycles. The van der Waals surface area contributed by atoms with Crippen molar-refractivity contribution in [1.82, 2.24) is 5.32 Å². The van der Waals surface area contributed by atoms with E-state index in [-0.39, 0.29) is 0 Å². The largest absolute Gasteiger partial charge is 0.310 e. The molecule has 0 aliphatic carbocycles. The van der Waals surface area contributed by atoms with Crippen LogP contribution in [-0.2, 0) is 6.42 Å². The Balaban J connectivity index is 2.18. The first kappa shape index (κ1) is 15.0. The summed E-state index contributed by atoms with van der Waals surface area (Å²) in [5.41, 5.74) is 2.62. The van der Waals surface area contributed by atoms with E-state index in [0.29, 0.717) is 6.04 Å². The summed E-state index contributed by atoms with van der Waals surface area (Å²) in [6.45, 7) is 3.20. The van der Waals surface area contributed by atoms with Crippen LogP contribution < -0.4 is 5.32 Å². The Hall–Kier alpha value is -0.350. The van der Waals surface area contributed by atoms with Crippen LogP contribution in [0, 0.1) is 0 Å². The second-order valence-corrected chi connectivity index (χ2v) is 6.56. The van der Waals surface area contributed by atoms with Crippen LogP contribution in [0.2, 0.25) is 5.02 Å². The molecule has 0 saturated carbocycles. The van der Waals surface area contributed by atoms with Gasteiger partial charge in [0, 0.05) is 10.5 Å². The molecule has 1 atom stereocenters. The molecule has 0 amide bonds. The molecule has 19 heavy (non-hydrogen) atoms.